The molecule has 2 nitrogen and oxygen atoms in total. The van der Waals surface area contributed by atoms with E-state index in [0.29, 0.717) is 24.1 Å². The predicted molar refractivity (Wildman–Crippen MR) is 64.9 cm³/mol. The van der Waals surface area contributed by atoms with Gasteiger partial charge in [-0.2, -0.15) is 0 Å². The molecule has 1 atom stereocenters. The van der Waals surface area contributed by atoms with Gasteiger partial charge < -0.3 is 9.84 Å². The SMILES string of the molecule is CCCOCC(O)Cc1cc(F)cc(Br)c1. The molecule has 1 N–H and O–H groups in total. The standard InChI is InChI=1S/C12H16BrFO2/c1-2-3-16-8-12(15)6-9-4-10(13)7-11(14)5-9/h4-5,7,12,15H,2-3,6,8H2,1H3. The Hall–Kier alpha value is -0.450. The van der Waals surface area contributed by atoms with Crippen molar-refractivity contribution >= 4 is 15.9 Å². The predicted octanol–water partition coefficient (Wildman–Crippen LogP) is 2.92. The van der Waals surface area contributed by atoms with E-state index in [1.807, 2.05) is 6.92 Å². The summed E-state index contributed by atoms with van der Waals surface area (Å²) < 4.78 is 18.9. The number of aliphatic hydroxyl groups is 1. The van der Waals surface area contributed by atoms with Gasteiger partial charge in [-0.3, -0.25) is 0 Å². The quantitative estimate of drug-likeness (QED) is 0.817. The van der Waals surface area contributed by atoms with Crippen molar-refractivity contribution in [1.82, 2.24) is 0 Å². The number of rotatable bonds is 6. The Labute approximate surface area is 104 Å². The molecule has 1 aromatic carbocycles. The van der Waals surface area contributed by atoms with Crippen molar-refractivity contribution in [3.05, 3.63) is 34.1 Å². The summed E-state index contributed by atoms with van der Waals surface area (Å²) in [6, 6.07) is 4.61. The van der Waals surface area contributed by atoms with Gasteiger partial charge in [0.15, 0.2) is 0 Å². The monoisotopic (exact) mass is 290 g/mol. The molecule has 0 heterocycles. The van der Waals surface area contributed by atoms with Crippen LogP contribution < -0.4 is 0 Å². The average molecular weight is 291 g/mol. The minimum absolute atomic E-state index is 0.294. The fourth-order valence-corrected chi connectivity index (χ4v) is 1.94. The Bertz CT molecular complexity index is 311. The van der Waals surface area contributed by atoms with Crippen molar-refractivity contribution in [3.8, 4) is 0 Å². The molecule has 0 amide bonds. The van der Waals surface area contributed by atoms with Gasteiger partial charge in [0.05, 0.1) is 12.7 Å². The van der Waals surface area contributed by atoms with E-state index < -0.39 is 6.10 Å². The fourth-order valence-electron chi connectivity index (χ4n) is 1.42. The third kappa shape index (κ3) is 5.05. The molecule has 1 aromatic rings. The third-order valence-corrected chi connectivity index (χ3v) is 2.51. The zero-order chi connectivity index (χ0) is 12.0. The molecule has 1 unspecified atom stereocenters. The highest BCUT2D eigenvalue weighted by Crippen LogP contribution is 2.16. The van der Waals surface area contributed by atoms with Crippen LogP contribution in [0.4, 0.5) is 4.39 Å². The molecule has 0 spiro atoms. The van der Waals surface area contributed by atoms with Crippen molar-refractivity contribution in [2.24, 2.45) is 0 Å². The van der Waals surface area contributed by atoms with Gasteiger partial charge in [-0.15, -0.1) is 0 Å². The van der Waals surface area contributed by atoms with Crippen LogP contribution in [0.3, 0.4) is 0 Å². The highest BCUT2D eigenvalue weighted by Gasteiger charge is 2.07. The lowest BCUT2D eigenvalue weighted by atomic mass is 10.1. The third-order valence-electron chi connectivity index (χ3n) is 2.05. The normalized spacial score (nSPS) is 12.8. The first-order chi connectivity index (χ1) is 7.61. The lowest BCUT2D eigenvalue weighted by molar-refractivity contribution is 0.0374. The second-order valence-corrected chi connectivity index (χ2v) is 4.63. The van der Waals surface area contributed by atoms with E-state index in [0.717, 1.165) is 12.0 Å². The van der Waals surface area contributed by atoms with Crippen LogP contribution in [0.25, 0.3) is 0 Å². The van der Waals surface area contributed by atoms with Crippen LogP contribution in [0.5, 0.6) is 0 Å². The van der Waals surface area contributed by atoms with Gasteiger partial charge in [-0.1, -0.05) is 22.9 Å². The van der Waals surface area contributed by atoms with Gasteiger partial charge >= 0.3 is 0 Å². The van der Waals surface area contributed by atoms with E-state index in [4.69, 9.17) is 4.74 Å². The van der Waals surface area contributed by atoms with E-state index in [-0.39, 0.29) is 5.82 Å². The highest BCUT2D eigenvalue weighted by atomic mass is 79.9. The Morgan fingerprint density at radius 1 is 1.44 bits per heavy atom. The van der Waals surface area contributed by atoms with Crippen molar-refractivity contribution in [1.29, 1.82) is 0 Å². The number of aliphatic hydroxyl groups excluding tert-OH is 1. The Morgan fingerprint density at radius 2 is 2.19 bits per heavy atom. The number of ether oxygens (including phenoxy) is 1. The summed E-state index contributed by atoms with van der Waals surface area (Å²) in [6.07, 6.45) is 0.749. The number of halogens is 2. The van der Waals surface area contributed by atoms with Gasteiger partial charge in [0.2, 0.25) is 0 Å². The van der Waals surface area contributed by atoms with Gasteiger partial charge in [-0.25, -0.2) is 4.39 Å². The molecule has 0 aliphatic heterocycles. The fraction of sp³-hybridized carbons (Fsp3) is 0.500. The summed E-state index contributed by atoms with van der Waals surface area (Å²) >= 11 is 3.21. The molecule has 0 aromatic heterocycles. The second kappa shape index (κ2) is 6.99. The van der Waals surface area contributed by atoms with Gasteiger partial charge in [0, 0.05) is 17.5 Å². The van der Waals surface area contributed by atoms with E-state index in [9.17, 15) is 9.50 Å². The van der Waals surface area contributed by atoms with E-state index >= 15 is 0 Å². The smallest absolute Gasteiger partial charge is 0.124 e. The minimum atomic E-state index is -0.583. The molecule has 0 saturated heterocycles. The Morgan fingerprint density at radius 3 is 2.81 bits per heavy atom. The molecule has 90 valence electrons. The van der Waals surface area contributed by atoms with Gasteiger partial charge in [0.25, 0.3) is 0 Å². The van der Waals surface area contributed by atoms with Crippen LogP contribution in [-0.2, 0) is 11.2 Å². The molecule has 0 radical (unpaired) electrons. The highest BCUT2D eigenvalue weighted by molar-refractivity contribution is 9.10. The number of benzene rings is 1. The lowest BCUT2D eigenvalue weighted by Gasteiger charge is -2.11. The van der Waals surface area contributed by atoms with Crippen LogP contribution in [0.2, 0.25) is 0 Å². The van der Waals surface area contributed by atoms with E-state index in [2.05, 4.69) is 15.9 Å². The Balaban J connectivity index is 2.45. The van der Waals surface area contributed by atoms with Crippen LogP contribution in [0.15, 0.2) is 22.7 Å². The van der Waals surface area contributed by atoms with Gasteiger partial charge in [0.1, 0.15) is 5.82 Å². The minimum Gasteiger partial charge on any atom is -0.390 e. The average Bonchev–Trinajstić information content (AvgIpc) is 2.16. The summed E-state index contributed by atoms with van der Waals surface area (Å²) in [6.45, 7) is 2.95. The first-order valence-corrected chi connectivity index (χ1v) is 6.12. The van der Waals surface area contributed by atoms with Crippen molar-refractivity contribution in [3.63, 3.8) is 0 Å². The maximum atomic E-state index is 13.0. The summed E-state index contributed by atoms with van der Waals surface area (Å²) in [5.41, 5.74) is 0.763. The molecule has 0 fully saturated rings. The van der Waals surface area contributed by atoms with Crippen LogP contribution in [0, 0.1) is 5.82 Å². The molecule has 0 aliphatic carbocycles. The Kier molecular flexibility index (Phi) is 5.95. The summed E-state index contributed by atoms with van der Waals surface area (Å²) in [5.74, 6) is -0.300. The first kappa shape index (κ1) is 13.6. The van der Waals surface area contributed by atoms with E-state index in [1.54, 1.807) is 6.07 Å². The van der Waals surface area contributed by atoms with Crippen LogP contribution in [0.1, 0.15) is 18.9 Å². The maximum absolute atomic E-state index is 13.0. The molecule has 0 aliphatic rings. The maximum Gasteiger partial charge on any atom is 0.124 e. The van der Waals surface area contributed by atoms with Crippen LogP contribution >= 0.6 is 15.9 Å². The molecular formula is C12H16BrFO2. The topological polar surface area (TPSA) is 29.5 Å². The zero-order valence-corrected chi connectivity index (χ0v) is 10.8. The lowest BCUT2D eigenvalue weighted by Crippen LogP contribution is -2.18. The molecule has 0 bridgehead atoms. The summed E-state index contributed by atoms with van der Waals surface area (Å²) in [5, 5.41) is 9.65. The zero-order valence-electron chi connectivity index (χ0n) is 9.25. The number of hydrogen-bond acceptors (Lipinski definition) is 2. The van der Waals surface area contributed by atoms with Gasteiger partial charge in [-0.05, 0) is 30.2 Å². The molecule has 16 heavy (non-hydrogen) atoms. The summed E-state index contributed by atoms with van der Waals surface area (Å²) in [7, 11) is 0. The van der Waals surface area contributed by atoms with Crippen molar-refractivity contribution in [2.75, 3.05) is 13.2 Å². The molecular weight excluding hydrogens is 275 g/mol. The van der Waals surface area contributed by atoms with Crippen LogP contribution in [-0.4, -0.2) is 24.4 Å². The summed E-state index contributed by atoms with van der Waals surface area (Å²) in [4.78, 5) is 0. The van der Waals surface area contributed by atoms with Crippen molar-refractivity contribution < 1.29 is 14.2 Å². The number of hydrogen-bond donors (Lipinski definition) is 1. The molecule has 0 saturated carbocycles. The first-order valence-electron chi connectivity index (χ1n) is 5.32. The second-order valence-electron chi connectivity index (χ2n) is 3.71. The molecule has 1 rings (SSSR count). The largest absolute Gasteiger partial charge is 0.390 e. The van der Waals surface area contributed by atoms with E-state index in [1.165, 1.54) is 12.1 Å². The van der Waals surface area contributed by atoms with Crippen molar-refractivity contribution in [2.45, 2.75) is 25.9 Å². The molecule has 4 heteroatoms.